The smallest absolute Gasteiger partial charge is 0.0539 e. The van der Waals surface area contributed by atoms with E-state index >= 15 is 0 Å². The average Bonchev–Trinajstić information content (AvgIpc) is 2.16. The summed E-state index contributed by atoms with van der Waals surface area (Å²) in [5.41, 5.74) is 2.33. The summed E-state index contributed by atoms with van der Waals surface area (Å²) >= 11 is 6.07. The summed E-state index contributed by atoms with van der Waals surface area (Å²) < 4.78 is 0. The molecule has 0 fully saturated rings. The second-order valence-electron chi connectivity index (χ2n) is 3.75. The molecule has 2 nitrogen and oxygen atoms in total. The van der Waals surface area contributed by atoms with Crippen LogP contribution in [0.25, 0.3) is 6.08 Å². The van der Waals surface area contributed by atoms with Crippen molar-refractivity contribution in [1.82, 2.24) is 4.98 Å². The maximum Gasteiger partial charge on any atom is 0.0539 e. The van der Waals surface area contributed by atoms with Crippen LogP contribution in [0.3, 0.4) is 0 Å². The van der Waals surface area contributed by atoms with Gasteiger partial charge in [-0.3, -0.25) is 4.98 Å². The minimum absolute atomic E-state index is 0.457. The van der Waals surface area contributed by atoms with Crippen LogP contribution in [-0.4, -0.2) is 17.6 Å². The lowest BCUT2D eigenvalue weighted by atomic mass is 10.1. The second kappa shape index (κ2) is 3.62. The average molecular weight is 209 g/mol. The van der Waals surface area contributed by atoms with Gasteiger partial charge in [-0.25, -0.2) is 0 Å². The number of hydrogen-bond acceptors (Lipinski definition) is 2. The lowest BCUT2D eigenvalue weighted by Gasteiger charge is -2.32. The van der Waals surface area contributed by atoms with E-state index in [0.29, 0.717) is 6.04 Å². The largest absolute Gasteiger partial charge is 0.363 e. The van der Waals surface area contributed by atoms with E-state index in [1.807, 2.05) is 24.5 Å². The van der Waals surface area contributed by atoms with Crippen LogP contribution in [0.4, 0.5) is 5.69 Å². The van der Waals surface area contributed by atoms with Crippen molar-refractivity contribution in [2.75, 3.05) is 11.4 Å². The van der Waals surface area contributed by atoms with Crippen LogP contribution in [-0.2, 0) is 0 Å². The summed E-state index contributed by atoms with van der Waals surface area (Å²) in [5.74, 6) is 0. The van der Waals surface area contributed by atoms with E-state index in [4.69, 9.17) is 11.6 Å². The van der Waals surface area contributed by atoms with Crippen molar-refractivity contribution in [2.45, 2.75) is 19.9 Å². The third-order valence-corrected chi connectivity index (χ3v) is 2.62. The fraction of sp³-hybridized carbons (Fsp3) is 0.364. The summed E-state index contributed by atoms with van der Waals surface area (Å²) in [4.78, 5) is 6.37. The number of rotatable bonds is 1. The molecule has 0 aromatic carbocycles. The van der Waals surface area contributed by atoms with Gasteiger partial charge < -0.3 is 4.90 Å². The monoisotopic (exact) mass is 208 g/mol. The molecule has 0 N–H and O–H groups in total. The molecule has 2 heterocycles. The van der Waals surface area contributed by atoms with Crippen molar-refractivity contribution >= 4 is 23.4 Å². The van der Waals surface area contributed by atoms with Crippen molar-refractivity contribution in [3.63, 3.8) is 0 Å². The quantitative estimate of drug-likeness (QED) is 0.706. The van der Waals surface area contributed by atoms with Crippen LogP contribution in [0.2, 0.25) is 0 Å². The van der Waals surface area contributed by atoms with Crippen molar-refractivity contribution in [3.8, 4) is 0 Å². The van der Waals surface area contributed by atoms with Gasteiger partial charge in [-0.05, 0) is 26.0 Å². The third-order valence-electron chi connectivity index (χ3n) is 2.39. The Morgan fingerprint density at radius 2 is 2.29 bits per heavy atom. The summed E-state index contributed by atoms with van der Waals surface area (Å²) in [6.45, 7) is 5.13. The molecule has 1 aromatic heterocycles. The van der Waals surface area contributed by atoms with E-state index in [-0.39, 0.29) is 0 Å². The zero-order valence-electron chi connectivity index (χ0n) is 8.37. The van der Waals surface area contributed by atoms with Gasteiger partial charge in [-0.1, -0.05) is 11.6 Å². The molecule has 0 atom stereocenters. The molecule has 0 bridgehead atoms. The van der Waals surface area contributed by atoms with E-state index in [2.05, 4.69) is 23.7 Å². The molecule has 0 aliphatic carbocycles. The van der Waals surface area contributed by atoms with Crippen molar-refractivity contribution in [2.24, 2.45) is 0 Å². The molecular formula is C11H13ClN2. The van der Waals surface area contributed by atoms with Crippen LogP contribution in [0.5, 0.6) is 0 Å². The molecule has 74 valence electrons. The number of pyridine rings is 1. The highest BCUT2D eigenvalue weighted by atomic mass is 35.5. The molecule has 0 radical (unpaired) electrons. The normalized spacial score (nSPS) is 15.4. The lowest BCUT2D eigenvalue weighted by molar-refractivity contribution is 0.715. The highest BCUT2D eigenvalue weighted by Crippen LogP contribution is 2.30. The Morgan fingerprint density at radius 3 is 3.00 bits per heavy atom. The van der Waals surface area contributed by atoms with Crippen molar-refractivity contribution in [3.05, 3.63) is 29.1 Å². The SMILES string of the molecule is CC(C)N1CC(Cl)=Cc2cnccc21. The van der Waals surface area contributed by atoms with Crippen LogP contribution in [0.1, 0.15) is 19.4 Å². The fourth-order valence-corrected chi connectivity index (χ4v) is 1.94. The lowest BCUT2D eigenvalue weighted by Crippen LogP contribution is -2.34. The number of anilines is 1. The Balaban J connectivity index is 2.48. The zero-order chi connectivity index (χ0) is 10.1. The van der Waals surface area contributed by atoms with Crippen LogP contribution >= 0.6 is 11.6 Å². The van der Waals surface area contributed by atoms with E-state index < -0.39 is 0 Å². The maximum absolute atomic E-state index is 6.07. The third kappa shape index (κ3) is 1.62. The highest BCUT2D eigenvalue weighted by molar-refractivity contribution is 6.32. The first kappa shape index (κ1) is 9.53. The first-order valence-electron chi connectivity index (χ1n) is 4.75. The summed E-state index contributed by atoms with van der Waals surface area (Å²) in [5, 5.41) is 0.874. The molecule has 2 rings (SSSR count). The molecule has 1 aliphatic heterocycles. The molecule has 0 saturated carbocycles. The Morgan fingerprint density at radius 1 is 1.50 bits per heavy atom. The zero-order valence-corrected chi connectivity index (χ0v) is 9.12. The molecule has 3 heteroatoms. The van der Waals surface area contributed by atoms with Crippen molar-refractivity contribution in [1.29, 1.82) is 0 Å². The number of hydrogen-bond donors (Lipinski definition) is 0. The molecule has 1 aliphatic rings. The van der Waals surface area contributed by atoms with Gasteiger partial charge in [0.15, 0.2) is 0 Å². The Labute approximate surface area is 89.2 Å². The van der Waals surface area contributed by atoms with E-state index in [9.17, 15) is 0 Å². The molecule has 0 spiro atoms. The van der Waals surface area contributed by atoms with Crippen LogP contribution in [0.15, 0.2) is 23.5 Å². The molecule has 0 amide bonds. The minimum atomic E-state index is 0.457. The Hall–Kier alpha value is -1.02. The van der Waals surface area contributed by atoms with Gasteiger partial charge in [0.2, 0.25) is 0 Å². The van der Waals surface area contributed by atoms with Gasteiger partial charge in [0.05, 0.1) is 6.54 Å². The Kier molecular flexibility index (Phi) is 2.46. The number of fused-ring (bicyclic) bond motifs is 1. The van der Waals surface area contributed by atoms with Crippen LogP contribution < -0.4 is 4.90 Å². The number of halogens is 1. The summed E-state index contributed by atoms with van der Waals surface area (Å²) in [6.07, 6.45) is 5.66. The molecule has 1 aromatic rings. The van der Waals surface area contributed by atoms with Crippen LogP contribution in [0, 0.1) is 0 Å². The highest BCUT2D eigenvalue weighted by Gasteiger charge is 2.18. The second-order valence-corrected chi connectivity index (χ2v) is 4.23. The minimum Gasteiger partial charge on any atom is -0.363 e. The molecule has 0 saturated heterocycles. The predicted molar refractivity (Wildman–Crippen MR) is 60.5 cm³/mol. The molecule has 14 heavy (non-hydrogen) atoms. The predicted octanol–water partition coefficient (Wildman–Crippen LogP) is 2.89. The van der Waals surface area contributed by atoms with Gasteiger partial charge in [-0.2, -0.15) is 0 Å². The molecular weight excluding hydrogens is 196 g/mol. The first-order valence-corrected chi connectivity index (χ1v) is 5.13. The van der Waals surface area contributed by atoms with Gasteiger partial charge in [0, 0.05) is 34.7 Å². The number of aromatic nitrogens is 1. The summed E-state index contributed by atoms with van der Waals surface area (Å²) in [6, 6.07) is 2.49. The van der Waals surface area contributed by atoms with Gasteiger partial charge in [0.25, 0.3) is 0 Å². The van der Waals surface area contributed by atoms with E-state index in [1.54, 1.807) is 0 Å². The standard InChI is InChI=1S/C11H13ClN2/c1-8(2)14-7-10(12)5-9-6-13-4-3-11(9)14/h3-6,8H,7H2,1-2H3. The number of nitrogens with zero attached hydrogens (tertiary/aromatic N) is 2. The van der Waals surface area contributed by atoms with Crippen molar-refractivity contribution < 1.29 is 0 Å². The van der Waals surface area contributed by atoms with Gasteiger partial charge >= 0.3 is 0 Å². The van der Waals surface area contributed by atoms with Gasteiger partial charge in [-0.15, -0.1) is 0 Å². The van der Waals surface area contributed by atoms with Gasteiger partial charge in [0.1, 0.15) is 0 Å². The maximum atomic E-state index is 6.07. The molecule has 0 unspecified atom stereocenters. The fourth-order valence-electron chi connectivity index (χ4n) is 1.70. The first-order chi connectivity index (χ1) is 6.68. The Bertz CT molecular complexity index is 371. The van der Waals surface area contributed by atoms with E-state index in [0.717, 1.165) is 17.1 Å². The topological polar surface area (TPSA) is 16.1 Å². The van der Waals surface area contributed by atoms with E-state index in [1.165, 1.54) is 5.69 Å². The summed E-state index contributed by atoms with van der Waals surface area (Å²) in [7, 11) is 0.